The first kappa shape index (κ1) is 21.2. The zero-order valence-corrected chi connectivity index (χ0v) is 19.0. The number of fused-ring (bicyclic) bond motifs is 1. The molecule has 0 unspecified atom stereocenters. The lowest BCUT2D eigenvalue weighted by molar-refractivity contribution is -0.143. The molecular formula is C25H36N2O3. The van der Waals surface area contributed by atoms with Crippen LogP contribution in [0, 0.1) is 6.92 Å². The molecule has 0 saturated heterocycles. The number of hydrogen-bond donors (Lipinski definition) is 0. The van der Waals surface area contributed by atoms with E-state index in [2.05, 4.69) is 25.7 Å². The Morgan fingerprint density at radius 3 is 2.47 bits per heavy atom. The molecule has 164 valence electrons. The molecule has 5 nitrogen and oxygen atoms in total. The number of rotatable bonds is 5. The standard InChI is InChI=1S/C25H36N2O3/c1-5-14-26-21-16-20(23(28)27(17(2)3)19-10-7-6-8-11-19)18(4)15-22(21)30-25(24(26)29)12-9-13-25/h15-17,19H,5-14H2,1-4H3. The Bertz CT molecular complexity index is 822. The lowest BCUT2D eigenvalue weighted by Gasteiger charge is -2.47. The Morgan fingerprint density at radius 1 is 1.20 bits per heavy atom. The molecule has 0 N–H and O–H groups in total. The summed E-state index contributed by atoms with van der Waals surface area (Å²) in [5, 5.41) is 0. The van der Waals surface area contributed by atoms with Crippen molar-refractivity contribution in [3.63, 3.8) is 0 Å². The summed E-state index contributed by atoms with van der Waals surface area (Å²) in [6.45, 7) is 8.95. The molecule has 0 aromatic heterocycles. The quantitative estimate of drug-likeness (QED) is 0.665. The van der Waals surface area contributed by atoms with Gasteiger partial charge in [0.15, 0.2) is 5.60 Å². The van der Waals surface area contributed by atoms with Crippen molar-refractivity contribution in [3.8, 4) is 5.75 Å². The monoisotopic (exact) mass is 412 g/mol. The number of aryl methyl sites for hydroxylation is 1. The molecule has 0 radical (unpaired) electrons. The van der Waals surface area contributed by atoms with Crippen LogP contribution in [-0.2, 0) is 4.79 Å². The van der Waals surface area contributed by atoms with Crippen molar-refractivity contribution >= 4 is 17.5 Å². The van der Waals surface area contributed by atoms with E-state index in [0.29, 0.717) is 18.2 Å². The van der Waals surface area contributed by atoms with Gasteiger partial charge in [0.25, 0.3) is 11.8 Å². The topological polar surface area (TPSA) is 49.9 Å². The zero-order chi connectivity index (χ0) is 21.5. The van der Waals surface area contributed by atoms with Crippen molar-refractivity contribution in [3.05, 3.63) is 23.3 Å². The van der Waals surface area contributed by atoms with Crippen LogP contribution in [0.25, 0.3) is 0 Å². The van der Waals surface area contributed by atoms with Gasteiger partial charge < -0.3 is 14.5 Å². The lowest BCUT2D eigenvalue weighted by atomic mass is 9.77. The minimum absolute atomic E-state index is 0.0679. The van der Waals surface area contributed by atoms with Crippen LogP contribution in [0.4, 0.5) is 5.69 Å². The van der Waals surface area contributed by atoms with Crippen molar-refractivity contribution in [2.45, 2.75) is 103 Å². The Morgan fingerprint density at radius 2 is 1.90 bits per heavy atom. The summed E-state index contributed by atoms with van der Waals surface area (Å²) in [6, 6.07) is 4.37. The maximum Gasteiger partial charge on any atom is 0.271 e. The van der Waals surface area contributed by atoms with Gasteiger partial charge >= 0.3 is 0 Å². The van der Waals surface area contributed by atoms with Crippen LogP contribution in [0.1, 0.15) is 94.5 Å². The summed E-state index contributed by atoms with van der Waals surface area (Å²) < 4.78 is 6.27. The van der Waals surface area contributed by atoms with Crippen molar-refractivity contribution < 1.29 is 14.3 Å². The average Bonchev–Trinajstić information content (AvgIpc) is 2.69. The zero-order valence-electron chi connectivity index (χ0n) is 19.0. The van der Waals surface area contributed by atoms with Crippen LogP contribution in [0.3, 0.4) is 0 Å². The Labute approximate surface area is 180 Å². The predicted molar refractivity (Wildman–Crippen MR) is 119 cm³/mol. The molecule has 0 bridgehead atoms. The average molecular weight is 413 g/mol. The van der Waals surface area contributed by atoms with Crippen molar-refractivity contribution in [2.24, 2.45) is 0 Å². The molecule has 1 aromatic rings. The molecule has 2 amide bonds. The van der Waals surface area contributed by atoms with E-state index >= 15 is 0 Å². The van der Waals surface area contributed by atoms with Crippen molar-refractivity contribution in [1.29, 1.82) is 0 Å². The second-order valence-electron chi connectivity index (χ2n) is 9.64. The first-order chi connectivity index (χ1) is 14.4. The molecular weight excluding hydrogens is 376 g/mol. The number of carbonyl (C=O) groups is 2. The molecule has 1 spiro atoms. The number of amides is 2. The van der Waals surface area contributed by atoms with E-state index in [-0.39, 0.29) is 17.9 Å². The summed E-state index contributed by atoms with van der Waals surface area (Å²) in [5.41, 5.74) is 1.72. The van der Waals surface area contributed by atoms with Gasteiger partial charge in [0.1, 0.15) is 5.75 Å². The van der Waals surface area contributed by atoms with Gasteiger partial charge in [-0.1, -0.05) is 26.2 Å². The summed E-state index contributed by atoms with van der Waals surface area (Å²) in [5.74, 6) is 0.911. The summed E-state index contributed by atoms with van der Waals surface area (Å²) in [6.07, 6.45) is 9.29. The summed E-state index contributed by atoms with van der Waals surface area (Å²) in [7, 11) is 0. The van der Waals surface area contributed by atoms with Crippen LogP contribution in [0.15, 0.2) is 12.1 Å². The highest BCUT2D eigenvalue weighted by Gasteiger charge is 2.52. The Balaban J connectivity index is 1.71. The van der Waals surface area contributed by atoms with Crippen LogP contribution < -0.4 is 9.64 Å². The summed E-state index contributed by atoms with van der Waals surface area (Å²) in [4.78, 5) is 30.9. The second-order valence-corrected chi connectivity index (χ2v) is 9.64. The van der Waals surface area contributed by atoms with Crippen molar-refractivity contribution in [2.75, 3.05) is 11.4 Å². The maximum atomic E-state index is 13.7. The number of anilines is 1. The SMILES string of the molecule is CCCN1C(=O)C2(CCC2)Oc2cc(C)c(C(=O)N(C(C)C)C3CCCCC3)cc21. The molecule has 1 aromatic carbocycles. The fourth-order valence-corrected chi connectivity index (χ4v) is 5.38. The highest BCUT2D eigenvalue weighted by molar-refractivity contribution is 6.05. The first-order valence-electron chi connectivity index (χ1n) is 11.9. The van der Waals surface area contributed by atoms with E-state index in [9.17, 15) is 9.59 Å². The normalized spacial score (nSPS) is 20.7. The number of ether oxygens (including phenoxy) is 1. The third kappa shape index (κ3) is 3.50. The minimum Gasteiger partial charge on any atom is -0.475 e. The minimum atomic E-state index is -0.674. The smallest absolute Gasteiger partial charge is 0.271 e. The van der Waals surface area contributed by atoms with Gasteiger partial charge in [0.05, 0.1) is 5.69 Å². The Kier molecular flexibility index (Phi) is 5.82. The Hall–Kier alpha value is -2.04. The lowest BCUT2D eigenvalue weighted by Crippen LogP contribution is -2.60. The van der Waals surface area contributed by atoms with Gasteiger partial charge in [-0.3, -0.25) is 9.59 Å². The van der Waals surface area contributed by atoms with Crippen molar-refractivity contribution in [1.82, 2.24) is 4.90 Å². The molecule has 4 rings (SSSR count). The third-order valence-corrected chi connectivity index (χ3v) is 7.13. The van der Waals surface area contributed by atoms with Crippen LogP contribution >= 0.6 is 0 Å². The van der Waals surface area contributed by atoms with Gasteiger partial charge in [0, 0.05) is 24.2 Å². The van der Waals surface area contributed by atoms with E-state index in [1.807, 2.05) is 24.0 Å². The maximum absolute atomic E-state index is 13.7. The van der Waals surface area contributed by atoms with Gasteiger partial charge in [-0.25, -0.2) is 0 Å². The first-order valence-corrected chi connectivity index (χ1v) is 11.9. The highest BCUT2D eigenvalue weighted by atomic mass is 16.5. The van der Waals surface area contributed by atoms with Gasteiger partial charge in [-0.05, 0) is 77.0 Å². The molecule has 5 heteroatoms. The highest BCUT2D eigenvalue weighted by Crippen LogP contribution is 2.47. The van der Waals surface area contributed by atoms with E-state index in [1.165, 1.54) is 19.3 Å². The van der Waals surface area contributed by atoms with Gasteiger partial charge in [-0.15, -0.1) is 0 Å². The molecule has 1 heterocycles. The predicted octanol–water partition coefficient (Wildman–Crippen LogP) is 5.24. The molecule has 2 saturated carbocycles. The molecule has 30 heavy (non-hydrogen) atoms. The fraction of sp³-hybridized carbons (Fsp3) is 0.680. The second kappa shape index (κ2) is 8.24. The van der Waals surface area contributed by atoms with E-state index in [0.717, 1.165) is 55.5 Å². The van der Waals surface area contributed by atoms with Crippen LogP contribution in [-0.4, -0.2) is 40.9 Å². The largest absolute Gasteiger partial charge is 0.475 e. The molecule has 2 aliphatic carbocycles. The fourth-order valence-electron chi connectivity index (χ4n) is 5.38. The van der Waals surface area contributed by atoms with E-state index in [4.69, 9.17) is 4.74 Å². The van der Waals surface area contributed by atoms with Crippen LogP contribution in [0.5, 0.6) is 5.75 Å². The van der Waals surface area contributed by atoms with Gasteiger partial charge in [-0.2, -0.15) is 0 Å². The van der Waals surface area contributed by atoms with Gasteiger partial charge in [0.2, 0.25) is 0 Å². The molecule has 3 aliphatic rings. The number of hydrogen-bond acceptors (Lipinski definition) is 3. The molecule has 2 fully saturated rings. The number of carbonyl (C=O) groups excluding carboxylic acids is 2. The van der Waals surface area contributed by atoms with E-state index < -0.39 is 5.60 Å². The third-order valence-electron chi connectivity index (χ3n) is 7.13. The molecule has 0 atom stereocenters. The number of nitrogens with zero attached hydrogens (tertiary/aromatic N) is 2. The van der Waals surface area contributed by atoms with E-state index in [1.54, 1.807) is 0 Å². The number of benzene rings is 1. The molecule has 1 aliphatic heterocycles. The van der Waals surface area contributed by atoms with Crippen LogP contribution in [0.2, 0.25) is 0 Å². The summed E-state index contributed by atoms with van der Waals surface area (Å²) >= 11 is 0.